The maximum absolute atomic E-state index is 13.8. The van der Waals surface area contributed by atoms with Gasteiger partial charge in [-0.05, 0) is 50.0 Å². The second-order valence-electron chi connectivity index (χ2n) is 6.18. The number of halogens is 3. The predicted octanol–water partition coefficient (Wildman–Crippen LogP) is 3.03. The van der Waals surface area contributed by atoms with Crippen LogP contribution in [0.25, 0.3) is 0 Å². The molecule has 0 spiro atoms. The van der Waals surface area contributed by atoms with Crippen LogP contribution < -0.4 is 10.6 Å². The maximum Gasteiger partial charge on any atom is 0.191 e. The molecule has 0 aliphatic rings. The molecule has 0 aliphatic heterocycles. The summed E-state index contributed by atoms with van der Waals surface area (Å²) in [6.07, 6.45) is 0. The van der Waals surface area contributed by atoms with Crippen LogP contribution in [0.3, 0.4) is 0 Å². The molecular formula is C19H23F3N4. The highest BCUT2D eigenvalue weighted by molar-refractivity contribution is 5.79. The summed E-state index contributed by atoms with van der Waals surface area (Å²) in [5.74, 6) is -0.786. The van der Waals surface area contributed by atoms with Gasteiger partial charge in [-0.2, -0.15) is 0 Å². The minimum Gasteiger partial charge on any atom is -0.352 e. The van der Waals surface area contributed by atoms with E-state index in [1.807, 2.05) is 19.0 Å². The fraction of sp³-hybridized carbons (Fsp3) is 0.316. The lowest BCUT2D eigenvalue weighted by Crippen LogP contribution is -2.36. The number of nitrogens with zero attached hydrogens (tertiary/aromatic N) is 2. The molecule has 0 unspecified atom stereocenters. The number of aliphatic imine (C=N–C) groups is 1. The van der Waals surface area contributed by atoms with Crippen molar-refractivity contribution in [3.05, 3.63) is 70.5 Å². The van der Waals surface area contributed by atoms with E-state index in [0.717, 1.165) is 23.8 Å². The van der Waals surface area contributed by atoms with Crippen LogP contribution in [0.2, 0.25) is 0 Å². The van der Waals surface area contributed by atoms with Crippen LogP contribution in [0, 0.1) is 17.5 Å². The third kappa shape index (κ3) is 5.77. The van der Waals surface area contributed by atoms with Crippen molar-refractivity contribution < 1.29 is 13.2 Å². The van der Waals surface area contributed by atoms with Gasteiger partial charge in [0.15, 0.2) is 5.96 Å². The SMILES string of the molecule is CN=C(NCc1ccc(F)c(CN(C)C)c1)NCc1cc(F)ccc1F. The first kappa shape index (κ1) is 19.8. The Bertz CT molecular complexity index is 775. The Morgan fingerprint density at radius 3 is 2.27 bits per heavy atom. The molecule has 0 saturated heterocycles. The van der Waals surface area contributed by atoms with E-state index in [1.165, 1.54) is 6.07 Å². The molecule has 4 nitrogen and oxygen atoms in total. The third-order valence-corrected chi connectivity index (χ3v) is 3.73. The van der Waals surface area contributed by atoms with E-state index in [9.17, 15) is 13.2 Å². The first-order valence-corrected chi connectivity index (χ1v) is 8.19. The van der Waals surface area contributed by atoms with Crippen LogP contribution >= 0.6 is 0 Å². The normalized spacial score (nSPS) is 11.7. The Morgan fingerprint density at radius 2 is 1.58 bits per heavy atom. The molecule has 0 heterocycles. The van der Waals surface area contributed by atoms with Gasteiger partial charge >= 0.3 is 0 Å². The zero-order chi connectivity index (χ0) is 19.1. The monoisotopic (exact) mass is 364 g/mol. The van der Waals surface area contributed by atoms with Gasteiger partial charge in [0.2, 0.25) is 0 Å². The standard InChI is InChI=1S/C19H23F3N4/c1-23-19(25-11-14-9-16(20)5-7-17(14)21)24-10-13-4-6-18(22)15(8-13)12-26(2)3/h4-9H,10-12H2,1-3H3,(H2,23,24,25). The summed E-state index contributed by atoms with van der Waals surface area (Å²) in [5.41, 5.74) is 1.71. The number of benzene rings is 2. The highest BCUT2D eigenvalue weighted by atomic mass is 19.1. The number of guanidine groups is 1. The molecule has 140 valence electrons. The molecule has 2 rings (SSSR count). The molecule has 0 fully saturated rings. The largest absolute Gasteiger partial charge is 0.352 e. The summed E-state index contributed by atoms with van der Waals surface area (Å²) in [6, 6.07) is 8.24. The molecule has 26 heavy (non-hydrogen) atoms. The Labute approximate surface area is 151 Å². The first-order chi connectivity index (χ1) is 12.4. The van der Waals surface area contributed by atoms with Gasteiger partial charge < -0.3 is 15.5 Å². The summed E-state index contributed by atoms with van der Waals surface area (Å²) in [5, 5.41) is 6.01. The number of nitrogens with one attached hydrogen (secondary N) is 2. The van der Waals surface area contributed by atoms with Crippen LogP contribution in [0.15, 0.2) is 41.4 Å². The minimum absolute atomic E-state index is 0.0958. The molecule has 2 N–H and O–H groups in total. The highest BCUT2D eigenvalue weighted by Gasteiger charge is 2.07. The number of hydrogen-bond donors (Lipinski definition) is 2. The molecule has 2 aromatic carbocycles. The van der Waals surface area contributed by atoms with E-state index >= 15 is 0 Å². The molecule has 7 heteroatoms. The lowest BCUT2D eigenvalue weighted by molar-refractivity contribution is 0.392. The van der Waals surface area contributed by atoms with E-state index in [-0.39, 0.29) is 17.9 Å². The number of rotatable bonds is 6. The number of hydrogen-bond acceptors (Lipinski definition) is 2. The molecular weight excluding hydrogens is 341 g/mol. The third-order valence-electron chi connectivity index (χ3n) is 3.73. The van der Waals surface area contributed by atoms with Crippen molar-refractivity contribution in [2.45, 2.75) is 19.6 Å². The van der Waals surface area contributed by atoms with Crippen molar-refractivity contribution in [3.63, 3.8) is 0 Å². The van der Waals surface area contributed by atoms with Crippen molar-refractivity contribution in [1.82, 2.24) is 15.5 Å². The zero-order valence-corrected chi connectivity index (χ0v) is 15.1. The van der Waals surface area contributed by atoms with Gasteiger partial charge in [0.25, 0.3) is 0 Å². The van der Waals surface area contributed by atoms with Gasteiger partial charge in [0, 0.05) is 37.8 Å². The van der Waals surface area contributed by atoms with E-state index in [1.54, 1.807) is 19.2 Å². The zero-order valence-electron chi connectivity index (χ0n) is 15.1. The van der Waals surface area contributed by atoms with Gasteiger partial charge in [-0.3, -0.25) is 4.99 Å². The minimum atomic E-state index is -0.495. The average molecular weight is 364 g/mol. The topological polar surface area (TPSA) is 39.7 Å². The summed E-state index contributed by atoms with van der Waals surface area (Å²) >= 11 is 0. The van der Waals surface area contributed by atoms with E-state index < -0.39 is 11.6 Å². The molecule has 0 radical (unpaired) electrons. The fourth-order valence-corrected chi connectivity index (χ4v) is 2.46. The predicted molar refractivity (Wildman–Crippen MR) is 97.2 cm³/mol. The summed E-state index contributed by atoms with van der Waals surface area (Å²) in [4.78, 5) is 5.95. The van der Waals surface area contributed by atoms with Crippen molar-refractivity contribution in [2.75, 3.05) is 21.1 Å². The maximum atomic E-state index is 13.8. The highest BCUT2D eigenvalue weighted by Crippen LogP contribution is 2.12. The van der Waals surface area contributed by atoms with Crippen LogP contribution in [0.4, 0.5) is 13.2 Å². The van der Waals surface area contributed by atoms with Gasteiger partial charge in [-0.25, -0.2) is 13.2 Å². The molecule has 0 bridgehead atoms. The Morgan fingerprint density at radius 1 is 0.923 bits per heavy atom. The molecule has 0 aromatic heterocycles. The Balaban J connectivity index is 1.95. The molecule has 0 amide bonds. The summed E-state index contributed by atoms with van der Waals surface area (Å²) in [7, 11) is 5.34. The van der Waals surface area contributed by atoms with Gasteiger partial charge in [-0.15, -0.1) is 0 Å². The first-order valence-electron chi connectivity index (χ1n) is 8.19. The quantitative estimate of drug-likeness (QED) is 0.611. The van der Waals surface area contributed by atoms with Crippen LogP contribution in [-0.2, 0) is 19.6 Å². The van der Waals surface area contributed by atoms with Gasteiger partial charge in [0.05, 0.1) is 0 Å². The van der Waals surface area contributed by atoms with Gasteiger partial charge in [-0.1, -0.05) is 6.07 Å². The Kier molecular flexibility index (Phi) is 7.03. The molecule has 0 aliphatic carbocycles. The Hall–Kier alpha value is -2.54. The second-order valence-corrected chi connectivity index (χ2v) is 6.18. The van der Waals surface area contributed by atoms with E-state index in [0.29, 0.717) is 24.6 Å². The van der Waals surface area contributed by atoms with Crippen molar-refractivity contribution >= 4 is 5.96 Å². The molecule has 0 saturated carbocycles. The van der Waals surface area contributed by atoms with Crippen molar-refractivity contribution in [1.29, 1.82) is 0 Å². The van der Waals surface area contributed by atoms with E-state index in [4.69, 9.17) is 0 Å². The average Bonchev–Trinajstić information content (AvgIpc) is 2.60. The molecule has 2 aromatic rings. The van der Waals surface area contributed by atoms with Crippen molar-refractivity contribution in [3.8, 4) is 0 Å². The lowest BCUT2D eigenvalue weighted by Gasteiger charge is -2.14. The van der Waals surface area contributed by atoms with Crippen molar-refractivity contribution in [2.24, 2.45) is 4.99 Å². The van der Waals surface area contributed by atoms with Crippen LogP contribution in [0.5, 0.6) is 0 Å². The van der Waals surface area contributed by atoms with Gasteiger partial charge in [0.1, 0.15) is 17.5 Å². The fourth-order valence-electron chi connectivity index (χ4n) is 2.46. The lowest BCUT2D eigenvalue weighted by atomic mass is 10.1. The summed E-state index contributed by atoms with van der Waals surface area (Å²) < 4.78 is 40.7. The van der Waals surface area contributed by atoms with E-state index in [2.05, 4.69) is 15.6 Å². The second kappa shape index (κ2) is 9.24. The smallest absolute Gasteiger partial charge is 0.191 e. The van der Waals surface area contributed by atoms with Crippen LogP contribution in [0.1, 0.15) is 16.7 Å². The molecule has 0 atom stereocenters. The summed E-state index contributed by atoms with van der Waals surface area (Å²) in [6.45, 7) is 1.02. The van der Waals surface area contributed by atoms with Crippen LogP contribution in [-0.4, -0.2) is 32.0 Å².